The number of rotatable bonds is 4. The van der Waals surface area contributed by atoms with Gasteiger partial charge in [0.2, 0.25) is 0 Å². The van der Waals surface area contributed by atoms with Gasteiger partial charge in [-0.2, -0.15) is 0 Å². The summed E-state index contributed by atoms with van der Waals surface area (Å²) >= 11 is 6.65. The SMILES string of the molecule is C=C1CC[C@@]2(C)[C@@H](CCC[C@@H]2O)[C@]1(C)Cc1cc(OC)cc(OC)c1Cl. The molecule has 1 N–H and O–H groups in total. The van der Waals surface area contributed by atoms with Gasteiger partial charge in [0.1, 0.15) is 11.5 Å². The molecule has 0 unspecified atom stereocenters. The van der Waals surface area contributed by atoms with Crippen molar-refractivity contribution in [1.82, 2.24) is 0 Å². The van der Waals surface area contributed by atoms with Crippen LogP contribution >= 0.6 is 11.6 Å². The molecular weight excluding hydrogens is 348 g/mol. The lowest BCUT2D eigenvalue weighted by molar-refractivity contribution is -0.0995. The lowest BCUT2D eigenvalue weighted by Crippen LogP contribution is -2.53. The Morgan fingerprint density at radius 1 is 1.23 bits per heavy atom. The molecule has 0 heterocycles. The average Bonchev–Trinajstić information content (AvgIpc) is 2.62. The fourth-order valence-electron chi connectivity index (χ4n) is 5.41. The van der Waals surface area contributed by atoms with Gasteiger partial charge in [-0.05, 0) is 60.5 Å². The van der Waals surface area contributed by atoms with Crippen molar-refractivity contribution < 1.29 is 14.6 Å². The van der Waals surface area contributed by atoms with E-state index < -0.39 is 0 Å². The predicted octanol–water partition coefficient (Wildman–Crippen LogP) is 5.42. The minimum Gasteiger partial charge on any atom is -0.497 e. The van der Waals surface area contributed by atoms with E-state index in [4.69, 9.17) is 21.1 Å². The van der Waals surface area contributed by atoms with Gasteiger partial charge in [-0.1, -0.05) is 44.0 Å². The molecule has 4 heteroatoms. The zero-order valence-electron chi connectivity index (χ0n) is 16.4. The Balaban J connectivity index is 2.03. The third-order valence-corrected chi connectivity index (χ3v) is 7.60. The standard InChI is InChI=1S/C22H31ClO3/c1-14-9-10-21(2)18(7-6-8-19(21)24)22(14,3)13-15-11-16(25-4)12-17(26-5)20(15)23/h11-12,18-19,24H,1,6-10,13H2,2-5H3/t18-,19+,21+,22-/m1/s1. The van der Waals surface area contributed by atoms with Gasteiger partial charge < -0.3 is 14.6 Å². The largest absolute Gasteiger partial charge is 0.497 e. The van der Waals surface area contributed by atoms with Crippen molar-refractivity contribution in [2.75, 3.05) is 14.2 Å². The molecule has 0 aliphatic heterocycles. The number of hydrogen-bond donors (Lipinski definition) is 1. The summed E-state index contributed by atoms with van der Waals surface area (Å²) in [7, 11) is 3.28. The van der Waals surface area contributed by atoms with Gasteiger partial charge >= 0.3 is 0 Å². The molecule has 0 spiro atoms. The molecule has 144 valence electrons. The molecule has 0 aromatic heterocycles. The molecule has 2 aliphatic carbocycles. The maximum Gasteiger partial charge on any atom is 0.141 e. The third kappa shape index (κ3) is 3.03. The normalized spacial score (nSPS) is 34.3. The summed E-state index contributed by atoms with van der Waals surface area (Å²) < 4.78 is 10.9. The van der Waals surface area contributed by atoms with E-state index >= 15 is 0 Å². The van der Waals surface area contributed by atoms with Gasteiger partial charge in [-0.3, -0.25) is 0 Å². The van der Waals surface area contributed by atoms with Crippen LogP contribution in [0.4, 0.5) is 0 Å². The topological polar surface area (TPSA) is 38.7 Å². The van der Waals surface area contributed by atoms with Crippen LogP contribution in [0.5, 0.6) is 11.5 Å². The molecule has 0 amide bonds. The zero-order chi connectivity index (χ0) is 19.1. The monoisotopic (exact) mass is 378 g/mol. The molecule has 4 atom stereocenters. The van der Waals surface area contributed by atoms with Crippen molar-refractivity contribution in [3.8, 4) is 11.5 Å². The molecule has 3 nitrogen and oxygen atoms in total. The highest BCUT2D eigenvalue weighted by Gasteiger charge is 2.54. The summed E-state index contributed by atoms with van der Waals surface area (Å²) in [6.07, 6.45) is 5.63. The number of aliphatic hydroxyl groups is 1. The molecule has 2 fully saturated rings. The number of halogens is 1. The van der Waals surface area contributed by atoms with E-state index in [1.54, 1.807) is 14.2 Å². The van der Waals surface area contributed by atoms with E-state index in [2.05, 4.69) is 20.4 Å². The maximum absolute atomic E-state index is 10.8. The van der Waals surface area contributed by atoms with Crippen LogP contribution in [-0.2, 0) is 6.42 Å². The van der Waals surface area contributed by atoms with E-state index in [1.165, 1.54) is 5.57 Å². The Morgan fingerprint density at radius 3 is 2.62 bits per heavy atom. The fourth-order valence-corrected chi connectivity index (χ4v) is 5.67. The van der Waals surface area contributed by atoms with Crippen molar-refractivity contribution in [2.45, 2.75) is 58.5 Å². The van der Waals surface area contributed by atoms with E-state index in [9.17, 15) is 5.11 Å². The lowest BCUT2D eigenvalue weighted by atomic mass is 9.48. The molecule has 0 bridgehead atoms. The van der Waals surface area contributed by atoms with Gasteiger partial charge in [0.05, 0.1) is 25.3 Å². The average molecular weight is 379 g/mol. The highest BCUT2D eigenvalue weighted by atomic mass is 35.5. The second-order valence-electron chi connectivity index (χ2n) is 8.51. The third-order valence-electron chi connectivity index (χ3n) is 7.17. The zero-order valence-corrected chi connectivity index (χ0v) is 17.2. The maximum atomic E-state index is 10.8. The number of ether oxygens (including phenoxy) is 2. The Hall–Kier alpha value is -1.19. The highest BCUT2D eigenvalue weighted by Crippen LogP contribution is 2.60. The van der Waals surface area contributed by atoms with Crippen molar-refractivity contribution in [3.63, 3.8) is 0 Å². The van der Waals surface area contributed by atoms with Crippen LogP contribution in [0.2, 0.25) is 5.02 Å². The number of aliphatic hydroxyl groups excluding tert-OH is 1. The molecular formula is C22H31ClO3. The van der Waals surface area contributed by atoms with Crippen LogP contribution in [0.3, 0.4) is 0 Å². The minimum absolute atomic E-state index is 0.0520. The summed E-state index contributed by atoms with van der Waals surface area (Å²) in [5.41, 5.74) is 2.14. The predicted molar refractivity (Wildman–Crippen MR) is 106 cm³/mol. The summed E-state index contributed by atoms with van der Waals surface area (Å²) in [6.45, 7) is 9.01. The first kappa shape index (κ1) is 19.6. The Kier molecular flexibility index (Phi) is 5.33. The van der Waals surface area contributed by atoms with E-state index in [1.807, 2.05) is 12.1 Å². The number of methoxy groups -OCH3 is 2. The lowest BCUT2D eigenvalue weighted by Gasteiger charge is -2.58. The number of allylic oxidation sites excluding steroid dienone is 1. The minimum atomic E-state index is -0.232. The van der Waals surface area contributed by atoms with Crippen LogP contribution in [0.15, 0.2) is 24.3 Å². The highest BCUT2D eigenvalue weighted by molar-refractivity contribution is 6.32. The van der Waals surface area contributed by atoms with Gasteiger partial charge in [-0.25, -0.2) is 0 Å². The van der Waals surface area contributed by atoms with Crippen LogP contribution in [0.1, 0.15) is 51.5 Å². The van der Waals surface area contributed by atoms with Gasteiger partial charge in [0.15, 0.2) is 0 Å². The first-order valence-electron chi connectivity index (χ1n) is 9.53. The van der Waals surface area contributed by atoms with Gasteiger partial charge in [-0.15, -0.1) is 0 Å². The van der Waals surface area contributed by atoms with Crippen LogP contribution in [0, 0.1) is 16.7 Å². The molecule has 0 saturated heterocycles. The summed E-state index contributed by atoms with van der Waals surface area (Å²) in [5, 5.41) is 11.4. The number of fused-ring (bicyclic) bond motifs is 1. The van der Waals surface area contributed by atoms with Crippen molar-refractivity contribution in [3.05, 3.63) is 34.9 Å². The molecule has 26 heavy (non-hydrogen) atoms. The summed E-state index contributed by atoms with van der Waals surface area (Å²) in [6, 6.07) is 3.83. The molecule has 1 aromatic carbocycles. The van der Waals surface area contributed by atoms with Crippen molar-refractivity contribution in [1.29, 1.82) is 0 Å². The number of hydrogen-bond acceptors (Lipinski definition) is 3. The van der Waals surface area contributed by atoms with E-state index in [-0.39, 0.29) is 16.9 Å². The summed E-state index contributed by atoms with van der Waals surface area (Å²) in [5.74, 6) is 1.78. The van der Waals surface area contributed by atoms with Crippen LogP contribution in [0.25, 0.3) is 0 Å². The van der Waals surface area contributed by atoms with E-state index in [0.717, 1.165) is 49.8 Å². The van der Waals surface area contributed by atoms with Gasteiger partial charge in [0.25, 0.3) is 0 Å². The first-order chi connectivity index (χ1) is 12.3. The Labute approximate surface area is 162 Å². The number of benzene rings is 1. The molecule has 0 radical (unpaired) electrons. The fraction of sp³-hybridized carbons (Fsp3) is 0.636. The van der Waals surface area contributed by atoms with Crippen molar-refractivity contribution >= 4 is 11.6 Å². The van der Waals surface area contributed by atoms with Crippen LogP contribution in [-0.4, -0.2) is 25.4 Å². The van der Waals surface area contributed by atoms with Crippen molar-refractivity contribution in [2.24, 2.45) is 16.7 Å². The van der Waals surface area contributed by atoms with E-state index in [0.29, 0.717) is 16.7 Å². The summed E-state index contributed by atoms with van der Waals surface area (Å²) in [4.78, 5) is 0. The van der Waals surface area contributed by atoms with Crippen LogP contribution < -0.4 is 9.47 Å². The quantitative estimate of drug-likeness (QED) is 0.710. The molecule has 1 aromatic rings. The smallest absolute Gasteiger partial charge is 0.141 e. The molecule has 2 saturated carbocycles. The van der Waals surface area contributed by atoms with Gasteiger partial charge in [0, 0.05) is 6.07 Å². The Bertz CT molecular complexity index is 701. The second kappa shape index (κ2) is 7.09. The Morgan fingerprint density at radius 2 is 1.96 bits per heavy atom. The molecule has 2 aliphatic rings. The molecule has 3 rings (SSSR count). The first-order valence-corrected chi connectivity index (χ1v) is 9.90. The second-order valence-corrected chi connectivity index (χ2v) is 8.88.